The van der Waals surface area contributed by atoms with Gasteiger partial charge in [-0.15, -0.1) is 0 Å². The van der Waals surface area contributed by atoms with Crippen LogP contribution in [0.5, 0.6) is 5.75 Å². The fourth-order valence-electron chi connectivity index (χ4n) is 2.58. The van der Waals surface area contributed by atoms with Crippen LogP contribution in [0.25, 0.3) is 0 Å². The Bertz CT molecular complexity index is 413. The van der Waals surface area contributed by atoms with Crippen LogP contribution in [0, 0.1) is 5.41 Å². The van der Waals surface area contributed by atoms with E-state index in [1.165, 1.54) is 24.8 Å². The van der Waals surface area contributed by atoms with Crippen molar-refractivity contribution >= 4 is 15.9 Å². The van der Waals surface area contributed by atoms with Gasteiger partial charge < -0.3 is 15.8 Å². The lowest BCUT2D eigenvalue weighted by Gasteiger charge is -2.41. The summed E-state index contributed by atoms with van der Waals surface area (Å²) in [4.78, 5) is 0. The maximum absolute atomic E-state index is 5.85. The molecule has 1 aliphatic carbocycles. The molecular weight excluding hydrogens is 304 g/mol. The van der Waals surface area contributed by atoms with Gasteiger partial charge in [-0.25, -0.2) is 0 Å². The SMILES string of the molecule is COc1ccc(CCNCC2(CN)CCC2)cc1Br. The van der Waals surface area contributed by atoms with Gasteiger partial charge in [-0.2, -0.15) is 0 Å². The van der Waals surface area contributed by atoms with Crippen molar-refractivity contribution in [3.8, 4) is 5.75 Å². The van der Waals surface area contributed by atoms with Gasteiger partial charge in [-0.1, -0.05) is 12.5 Å². The molecule has 0 saturated heterocycles. The molecular formula is C15H23BrN2O. The van der Waals surface area contributed by atoms with E-state index < -0.39 is 0 Å². The smallest absolute Gasteiger partial charge is 0.133 e. The quantitative estimate of drug-likeness (QED) is 0.757. The van der Waals surface area contributed by atoms with E-state index in [0.717, 1.165) is 36.3 Å². The Hall–Kier alpha value is -0.580. The zero-order valence-electron chi connectivity index (χ0n) is 11.5. The standard InChI is InChI=1S/C15H23BrN2O/c1-19-14-4-3-12(9-13(14)16)5-8-18-11-15(10-17)6-2-7-15/h3-4,9,18H,2,5-8,10-11,17H2,1H3. The summed E-state index contributed by atoms with van der Waals surface area (Å²) in [6, 6.07) is 6.25. The summed E-state index contributed by atoms with van der Waals surface area (Å²) < 4.78 is 6.25. The molecule has 1 aromatic carbocycles. The number of halogens is 1. The van der Waals surface area contributed by atoms with Crippen molar-refractivity contribution in [2.75, 3.05) is 26.7 Å². The second-order valence-corrected chi connectivity index (χ2v) is 6.31. The van der Waals surface area contributed by atoms with Gasteiger partial charge in [0.25, 0.3) is 0 Å². The van der Waals surface area contributed by atoms with Crippen LogP contribution >= 0.6 is 15.9 Å². The van der Waals surface area contributed by atoms with E-state index in [1.54, 1.807) is 7.11 Å². The topological polar surface area (TPSA) is 47.3 Å². The van der Waals surface area contributed by atoms with E-state index in [1.807, 2.05) is 6.07 Å². The molecule has 0 spiro atoms. The number of hydrogen-bond acceptors (Lipinski definition) is 3. The largest absolute Gasteiger partial charge is 0.496 e. The summed E-state index contributed by atoms with van der Waals surface area (Å²) in [5.41, 5.74) is 7.56. The van der Waals surface area contributed by atoms with E-state index in [9.17, 15) is 0 Å². The predicted octanol–water partition coefficient (Wildman–Crippen LogP) is 2.72. The lowest BCUT2D eigenvalue weighted by atomic mass is 9.69. The molecule has 4 heteroatoms. The Morgan fingerprint density at radius 1 is 1.42 bits per heavy atom. The number of methoxy groups -OCH3 is 1. The van der Waals surface area contributed by atoms with E-state index in [2.05, 4.69) is 33.4 Å². The first-order valence-electron chi connectivity index (χ1n) is 6.92. The summed E-state index contributed by atoms with van der Waals surface area (Å²) in [6.45, 7) is 2.87. The molecule has 0 aliphatic heterocycles. The summed E-state index contributed by atoms with van der Waals surface area (Å²) in [5, 5.41) is 3.55. The highest BCUT2D eigenvalue weighted by Crippen LogP contribution is 2.39. The Labute approximate surface area is 124 Å². The summed E-state index contributed by atoms with van der Waals surface area (Å²) in [5.74, 6) is 0.883. The molecule has 0 amide bonds. The van der Waals surface area contributed by atoms with Crippen molar-refractivity contribution < 1.29 is 4.74 Å². The average Bonchev–Trinajstić information content (AvgIpc) is 2.37. The van der Waals surface area contributed by atoms with Crippen LogP contribution in [0.4, 0.5) is 0 Å². The lowest BCUT2D eigenvalue weighted by molar-refractivity contribution is 0.141. The summed E-state index contributed by atoms with van der Waals surface area (Å²) in [7, 11) is 1.69. The second kappa shape index (κ2) is 6.73. The van der Waals surface area contributed by atoms with E-state index in [4.69, 9.17) is 10.5 Å². The second-order valence-electron chi connectivity index (χ2n) is 5.45. The van der Waals surface area contributed by atoms with Gasteiger partial charge in [0, 0.05) is 6.54 Å². The van der Waals surface area contributed by atoms with Gasteiger partial charge in [-0.05, 0) is 71.4 Å². The Balaban J connectivity index is 1.75. The molecule has 1 aromatic rings. The first-order valence-corrected chi connectivity index (χ1v) is 7.72. The number of rotatable bonds is 7. The molecule has 1 saturated carbocycles. The highest BCUT2D eigenvalue weighted by Gasteiger charge is 2.34. The normalized spacial score (nSPS) is 17.0. The number of hydrogen-bond donors (Lipinski definition) is 2. The third-order valence-electron chi connectivity index (χ3n) is 4.15. The van der Waals surface area contributed by atoms with Crippen molar-refractivity contribution in [3.05, 3.63) is 28.2 Å². The molecule has 106 valence electrons. The summed E-state index contributed by atoms with van der Waals surface area (Å²) >= 11 is 3.52. The molecule has 3 N–H and O–H groups in total. The molecule has 3 nitrogen and oxygen atoms in total. The van der Waals surface area contributed by atoms with Crippen LogP contribution in [-0.2, 0) is 6.42 Å². The predicted molar refractivity (Wildman–Crippen MR) is 82.6 cm³/mol. The van der Waals surface area contributed by atoms with E-state index in [0.29, 0.717) is 5.41 Å². The first-order chi connectivity index (χ1) is 9.19. The molecule has 0 atom stereocenters. The van der Waals surface area contributed by atoms with Gasteiger partial charge in [0.1, 0.15) is 5.75 Å². The number of benzene rings is 1. The Kier molecular flexibility index (Phi) is 5.25. The molecule has 0 radical (unpaired) electrons. The fraction of sp³-hybridized carbons (Fsp3) is 0.600. The third kappa shape index (κ3) is 3.71. The minimum absolute atomic E-state index is 0.389. The van der Waals surface area contributed by atoms with Crippen LogP contribution in [0.1, 0.15) is 24.8 Å². The highest BCUT2D eigenvalue weighted by molar-refractivity contribution is 9.10. The lowest BCUT2D eigenvalue weighted by Crippen LogP contribution is -2.45. The van der Waals surface area contributed by atoms with Crippen molar-refractivity contribution in [3.63, 3.8) is 0 Å². The van der Waals surface area contributed by atoms with Gasteiger partial charge in [0.15, 0.2) is 0 Å². The van der Waals surface area contributed by atoms with E-state index in [-0.39, 0.29) is 0 Å². The molecule has 0 unspecified atom stereocenters. The molecule has 19 heavy (non-hydrogen) atoms. The van der Waals surface area contributed by atoms with Crippen molar-refractivity contribution in [2.45, 2.75) is 25.7 Å². The average molecular weight is 327 g/mol. The van der Waals surface area contributed by atoms with Crippen LogP contribution in [0.3, 0.4) is 0 Å². The van der Waals surface area contributed by atoms with Crippen molar-refractivity contribution in [2.24, 2.45) is 11.1 Å². The van der Waals surface area contributed by atoms with Crippen LogP contribution in [0.15, 0.2) is 22.7 Å². The fourth-order valence-corrected chi connectivity index (χ4v) is 3.17. The van der Waals surface area contributed by atoms with Gasteiger partial charge >= 0.3 is 0 Å². The van der Waals surface area contributed by atoms with Crippen molar-refractivity contribution in [1.82, 2.24) is 5.32 Å². The van der Waals surface area contributed by atoms with Gasteiger partial charge in [0.05, 0.1) is 11.6 Å². The third-order valence-corrected chi connectivity index (χ3v) is 4.77. The minimum Gasteiger partial charge on any atom is -0.496 e. The molecule has 1 aliphatic rings. The molecule has 0 bridgehead atoms. The Morgan fingerprint density at radius 3 is 2.74 bits per heavy atom. The maximum Gasteiger partial charge on any atom is 0.133 e. The monoisotopic (exact) mass is 326 g/mol. The summed E-state index contributed by atoms with van der Waals surface area (Å²) in [6.07, 6.45) is 4.93. The minimum atomic E-state index is 0.389. The van der Waals surface area contributed by atoms with E-state index >= 15 is 0 Å². The van der Waals surface area contributed by atoms with Crippen LogP contribution in [0.2, 0.25) is 0 Å². The molecule has 0 aromatic heterocycles. The number of nitrogens with one attached hydrogen (secondary N) is 1. The van der Waals surface area contributed by atoms with Crippen LogP contribution in [-0.4, -0.2) is 26.7 Å². The number of ether oxygens (including phenoxy) is 1. The zero-order valence-corrected chi connectivity index (χ0v) is 13.1. The van der Waals surface area contributed by atoms with Crippen LogP contribution < -0.4 is 15.8 Å². The maximum atomic E-state index is 5.85. The zero-order chi connectivity index (χ0) is 13.7. The molecule has 2 rings (SSSR count). The molecule has 0 heterocycles. The van der Waals surface area contributed by atoms with Crippen molar-refractivity contribution in [1.29, 1.82) is 0 Å². The number of nitrogens with two attached hydrogens (primary N) is 1. The van der Waals surface area contributed by atoms with Gasteiger partial charge in [-0.3, -0.25) is 0 Å². The molecule has 1 fully saturated rings. The Morgan fingerprint density at radius 2 is 2.21 bits per heavy atom. The first kappa shape index (κ1) is 14.8. The highest BCUT2D eigenvalue weighted by atomic mass is 79.9. The van der Waals surface area contributed by atoms with Gasteiger partial charge in [0.2, 0.25) is 0 Å².